The Labute approximate surface area is 193 Å². The number of fused-ring (bicyclic) bond motifs is 1. The lowest BCUT2D eigenvalue weighted by molar-refractivity contribution is 0.0697. The number of thiazole rings is 1. The fraction of sp³-hybridized carbons (Fsp3) is 0.190. The van der Waals surface area contributed by atoms with Crippen LogP contribution < -0.4 is 0 Å². The van der Waals surface area contributed by atoms with Gasteiger partial charge in [-0.1, -0.05) is 11.6 Å². The number of benzene rings is 1. The highest BCUT2D eigenvalue weighted by atomic mass is 35.5. The molecular formula is C21H18ClN5O3S2. The van der Waals surface area contributed by atoms with Gasteiger partial charge in [-0.25, -0.2) is 13.4 Å². The number of nitrogens with one attached hydrogen (secondary N) is 1. The number of carbonyl (C=O) groups excluding carboxylic acids is 1. The zero-order valence-electron chi connectivity index (χ0n) is 16.7. The Kier molecular flexibility index (Phi) is 5.46. The molecule has 0 spiro atoms. The molecule has 0 radical (unpaired) electrons. The summed E-state index contributed by atoms with van der Waals surface area (Å²) < 4.78 is 27.6. The smallest absolute Gasteiger partial charge is 0.282 e. The van der Waals surface area contributed by atoms with E-state index in [1.54, 1.807) is 47.8 Å². The van der Waals surface area contributed by atoms with Crippen LogP contribution in [-0.4, -0.2) is 64.7 Å². The number of piperazine rings is 1. The number of halogens is 1. The second-order valence-corrected chi connectivity index (χ2v) is 10.7. The number of carbonyl (C=O) groups is 1. The van der Waals surface area contributed by atoms with Crippen molar-refractivity contribution in [2.75, 3.05) is 26.2 Å². The highest BCUT2D eigenvalue weighted by Crippen LogP contribution is 2.28. The molecule has 1 aromatic carbocycles. The lowest BCUT2D eigenvalue weighted by Gasteiger charge is -2.33. The summed E-state index contributed by atoms with van der Waals surface area (Å²) in [4.78, 5) is 26.7. The summed E-state index contributed by atoms with van der Waals surface area (Å²) in [6, 6.07) is 10.5. The van der Waals surface area contributed by atoms with E-state index < -0.39 is 10.0 Å². The molecule has 0 saturated carbocycles. The van der Waals surface area contributed by atoms with Gasteiger partial charge >= 0.3 is 0 Å². The van der Waals surface area contributed by atoms with Crippen molar-refractivity contribution in [2.24, 2.45) is 0 Å². The van der Waals surface area contributed by atoms with Crippen LogP contribution in [0.1, 0.15) is 9.80 Å². The minimum atomic E-state index is -3.70. The molecular weight excluding hydrogens is 470 g/mol. The van der Waals surface area contributed by atoms with Crippen molar-refractivity contribution in [2.45, 2.75) is 5.03 Å². The fourth-order valence-electron chi connectivity index (χ4n) is 3.64. The molecule has 0 atom stereocenters. The van der Waals surface area contributed by atoms with Gasteiger partial charge in [-0.15, -0.1) is 11.3 Å². The summed E-state index contributed by atoms with van der Waals surface area (Å²) in [5.74, 6) is -0.187. The third-order valence-electron chi connectivity index (χ3n) is 5.36. The predicted octanol–water partition coefficient (Wildman–Crippen LogP) is 3.49. The van der Waals surface area contributed by atoms with Crippen molar-refractivity contribution in [1.82, 2.24) is 24.2 Å². The molecule has 8 nitrogen and oxygen atoms in total. The molecule has 1 N–H and O–H groups in total. The second-order valence-electron chi connectivity index (χ2n) is 7.33. The molecule has 4 heterocycles. The van der Waals surface area contributed by atoms with Crippen LogP contribution in [0.4, 0.5) is 0 Å². The number of hydrogen-bond donors (Lipinski definition) is 1. The van der Waals surface area contributed by atoms with Crippen LogP contribution in [0.25, 0.3) is 21.3 Å². The molecule has 1 aliphatic rings. The number of rotatable bonds is 4. The van der Waals surface area contributed by atoms with Crippen LogP contribution in [0.15, 0.2) is 60.0 Å². The number of hydrogen-bond acceptors (Lipinski definition) is 6. The summed E-state index contributed by atoms with van der Waals surface area (Å²) in [6.07, 6.45) is 5.06. The Bertz CT molecular complexity index is 1390. The average molecular weight is 488 g/mol. The average Bonchev–Trinajstić information content (AvgIpc) is 3.47. The molecule has 164 valence electrons. The van der Waals surface area contributed by atoms with E-state index in [-0.39, 0.29) is 24.0 Å². The lowest BCUT2D eigenvalue weighted by atomic mass is 10.2. The van der Waals surface area contributed by atoms with Gasteiger partial charge in [0.05, 0.1) is 4.88 Å². The summed E-state index contributed by atoms with van der Waals surface area (Å²) in [5, 5.41) is 1.79. The number of nitrogens with zero attached hydrogens (tertiary/aromatic N) is 4. The van der Waals surface area contributed by atoms with E-state index in [4.69, 9.17) is 11.6 Å². The van der Waals surface area contributed by atoms with Gasteiger partial charge in [-0.2, -0.15) is 4.31 Å². The number of sulfonamides is 1. The number of aromatic nitrogens is 3. The van der Waals surface area contributed by atoms with Crippen molar-refractivity contribution in [3.05, 3.63) is 65.0 Å². The first-order valence-electron chi connectivity index (χ1n) is 9.86. The molecule has 1 fully saturated rings. The molecule has 0 unspecified atom stereocenters. The fourth-order valence-corrected chi connectivity index (χ4v) is 6.15. The van der Waals surface area contributed by atoms with Crippen LogP contribution in [0, 0.1) is 0 Å². The largest absolute Gasteiger partial charge is 0.345 e. The minimum Gasteiger partial charge on any atom is -0.345 e. The molecule has 5 rings (SSSR count). The topological polar surface area (TPSA) is 99.3 Å². The van der Waals surface area contributed by atoms with Crippen LogP contribution in [0.2, 0.25) is 5.02 Å². The highest BCUT2D eigenvalue weighted by Gasteiger charge is 2.32. The van der Waals surface area contributed by atoms with Crippen molar-refractivity contribution >= 4 is 49.8 Å². The van der Waals surface area contributed by atoms with Crippen LogP contribution in [0.5, 0.6) is 0 Å². The van der Waals surface area contributed by atoms with E-state index >= 15 is 0 Å². The van der Waals surface area contributed by atoms with Gasteiger partial charge in [-0.05, 0) is 42.0 Å². The molecule has 1 saturated heterocycles. The van der Waals surface area contributed by atoms with Gasteiger partial charge in [0, 0.05) is 60.7 Å². The Morgan fingerprint density at radius 3 is 2.56 bits per heavy atom. The molecule has 32 heavy (non-hydrogen) atoms. The maximum Gasteiger partial charge on any atom is 0.282 e. The first-order valence-corrected chi connectivity index (χ1v) is 12.5. The number of pyridine rings is 1. The molecule has 1 amide bonds. The zero-order valence-corrected chi connectivity index (χ0v) is 19.1. The van der Waals surface area contributed by atoms with E-state index in [0.717, 1.165) is 15.8 Å². The molecule has 3 aromatic heterocycles. The van der Waals surface area contributed by atoms with Crippen molar-refractivity contribution in [1.29, 1.82) is 0 Å². The lowest BCUT2D eigenvalue weighted by Crippen LogP contribution is -2.50. The van der Waals surface area contributed by atoms with Crippen molar-refractivity contribution in [3.63, 3.8) is 0 Å². The molecule has 4 aromatic rings. The highest BCUT2D eigenvalue weighted by molar-refractivity contribution is 7.89. The third kappa shape index (κ3) is 3.90. The van der Waals surface area contributed by atoms with Crippen LogP contribution in [-0.2, 0) is 10.0 Å². The summed E-state index contributed by atoms with van der Waals surface area (Å²) in [5.41, 5.74) is 1.66. The van der Waals surface area contributed by atoms with Crippen molar-refractivity contribution in [3.8, 4) is 10.4 Å². The van der Waals surface area contributed by atoms with Crippen molar-refractivity contribution < 1.29 is 13.2 Å². The van der Waals surface area contributed by atoms with Crippen LogP contribution >= 0.6 is 22.9 Å². The summed E-state index contributed by atoms with van der Waals surface area (Å²) in [7, 11) is -3.70. The number of H-pyrrole nitrogens is 1. The minimum absolute atomic E-state index is 0.122. The van der Waals surface area contributed by atoms with Gasteiger partial charge in [0.25, 0.3) is 15.9 Å². The monoisotopic (exact) mass is 487 g/mol. The third-order valence-corrected chi connectivity index (χ3v) is 8.45. The van der Waals surface area contributed by atoms with Crippen LogP contribution in [0.3, 0.4) is 0 Å². The number of aromatic amines is 1. The Hall–Kier alpha value is -2.79. The van der Waals surface area contributed by atoms with Gasteiger partial charge in [0.2, 0.25) is 0 Å². The van der Waals surface area contributed by atoms with Gasteiger partial charge in [0.15, 0.2) is 5.01 Å². The van der Waals surface area contributed by atoms with E-state index in [0.29, 0.717) is 28.6 Å². The van der Waals surface area contributed by atoms with Gasteiger partial charge in [-0.3, -0.25) is 9.78 Å². The Morgan fingerprint density at radius 1 is 1.06 bits per heavy atom. The first kappa shape index (κ1) is 21.1. The van der Waals surface area contributed by atoms with E-state index in [2.05, 4.69) is 15.0 Å². The molecule has 0 aliphatic carbocycles. The second kappa shape index (κ2) is 8.28. The van der Waals surface area contributed by atoms with Gasteiger partial charge < -0.3 is 9.88 Å². The maximum absolute atomic E-state index is 13.1. The quantitative estimate of drug-likeness (QED) is 0.475. The molecule has 11 heteroatoms. The summed E-state index contributed by atoms with van der Waals surface area (Å²) in [6.45, 7) is 1.03. The molecule has 0 bridgehead atoms. The normalized spacial score (nSPS) is 15.3. The zero-order chi connectivity index (χ0) is 22.3. The maximum atomic E-state index is 13.1. The number of amides is 1. The van der Waals surface area contributed by atoms with E-state index in [1.807, 2.05) is 12.1 Å². The Balaban J connectivity index is 1.28. The van der Waals surface area contributed by atoms with E-state index in [9.17, 15) is 13.2 Å². The van der Waals surface area contributed by atoms with Gasteiger partial charge in [0.1, 0.15) is 5.03 Å². The Morgan fingerprint density at radius 2 is 1.81 bits per heavy atom. The standard InChI is InChI=1S/C21H18ClN5O3S2/c22-16-1-2-17-15(11-16)12-19(25-17)32(29,30)27-9-7-26(8-10-27)21(28)20-24-13-18(31-20)14-3-5-23-6-4-14/h1-6,11-13,25H,7-10H2. The SMILES string of the molecule is O=C(c1ncc(-c2ccncc2)s1)N1CCN(S(=O)(=O)c2cc3cc(Cl)ccc3[nH]2)CC1. The molecule has 1 aliphatic heterocycles. The first-order chi connectivity index (χ1) is 15.4. The predicted molar refractivity (Wildman–Crippen MR) is 123 cm³/mol. The summed E-state index contributed by atoms with van der Waals surface area (Å²) >= 11 is 7.32. The van der Waals surface area contributed by atoms with E-state index in [1.165, 1.54) is 15.6 Å².